The molecule has 0 aliphatic carbocycles. The van der Waals surface area contributed by atoms with Gasteiger partial charge in [-0.1, -0.05) is 19.1 Å². The Morgan fingerprint density at radius 1 is 1.28 bits per heavy atom. The molecule has 132 valence electrons. The van der Waals surface area contributed by atoms with E-state index in [9.17, 15) is 4.79 Å². The number of amides is 1. The number of nitrogens with two attached hydrogens (primary N) is 1. The maximum atomic E-state index is 11.7. The topological polar surface area (TPSA) is 55.6 Å². The van der Waals surface area contributed by atoms with E-state index < -0.39 is 0 Å². The first-order chi connectivity index (χ1) is 12.0. The lowest BCUT2D eigenvalue weighted by Crippen LogP contribution is -2.25. The number of ether oxygens (including phenoxy) is 1. The van der Waals surface area contributed by atoms with Gasteiger partial charge in [0, 0.05) is 24.7 Å². The molecule has 0 spiro atoms. The Hall–Kier alpha value is -2.33. The number of carbonyl (C=O) groups excluding carboxylic acids is 1. The third-order valence-electron chi connectivity index (χ3n) is 5.06. The molecule has 0 radical (unpaired) electrons. The molecule has 4 nitrogen and oxygen atoms in total. The number of anilines is 1. The van der Waals surface area contributed by atoms with Crippen molar-refractivity contribution in [2.45, 2.75) is 32.6 Å². The first kappa shape index (κ1) is 17.5. The Balaban J connectivity index is 2.01. The molecule has 0 bridgehead atoms. The largest absolute Gasteiger partial charge is 0.496 e. The zero-order valence-corrected chi connectivity index (χ0v) is 15.2. The van der Waals surface area contributed by atoms with E-state index in [-0.39, 0.29) is 5.91 Å². The number of rotatable bonds is 5. The molecule has 25 heavy (non-hydrogen) atoms. The minimum atomic E-state index is 0.0988. The number of nitrogens with zero attached hydrogens (tertiary/aromatic N) is 1. The van der Waals surface area contributed by atoms with Crippen LogP contribution in [0, 0.1) is 0 Å². The molecule has 3 rings (SSSR count). The second-order valence-electron chi connectivity index (χ2n) is 6.70. The first-order valence-corrected chi connectivity index (χ1v) is 8.84. The van der Waals surface area contributed by atoms with Gasteiger partial charge < -0.3 is 15.4 Å². The highest BCUT2D eigenvalue weighted by Crippen LogP contribution is 2.37. The van der Waals surface area contributed by atoms with Crippen molar-refractivity contribution in [3.8, 4) is 16.9 Å². The number of benzene rings is 2. The van der Waals surface area contributed by atoms with Crippen LogP contribution in [0.3, 0.4) is 0 Å². The van der Waals surface area contributed by atoms with Crippen molar-refractivity contribution in [1.82, 2.24) is 0 Å². The van der Waals surface area contributed by atoms with Crippen molar-refractivity contribution < 1.29 is 9.53 Å². The summed E-state index contributed by atoms with van der Waals surface area (Å²) in [5, 5.41) is 0. The highest BCUT2D eigenvalue weighted by molar-refractivity contribution is 5.94. The van der Waals surface area contributed by atoms with Crippen LogP contribution in [0.4, 0.5) is 5.69 Å². The predicted molar refractivity (Wildman–Crippen MR) is 102 cm³/mol. The van der Waals surface area contributed by atoms with Gasteiger partial charge in [0.2, 0.25) is 5.91 Å². The monoisotopic (exact) mass is 338 g/mol. The molecule has 0 saturated heterocycles. The summed E-state index contributed by atoms with van der Waals surface area (Å²) >= 11 is 0. The van der Waals surface area contributed by atoms with Crippen molar-refractivity contribution >= 4 is 11.6 Å². The van der Waals surface area contributed by atoms with Crippen LogP contribution in [-0.4, -0.2) is 26.1 Å². The van der Waals surface area contributed by atoms with E-state index in [1.807, 2.05) is 11.0 Å². The van der Waals surface area contributed by atoms with Crippen LogP contribution < -0.4 is 15.4 Å². The highest BCUT2D eigenvalue weighted by Gasteiger charge is 2.23. The van der Waals surface area contributed by atoms with Crippen molar-refractivity contribution in [2.75, 3.05) is 25.1 Å². The molecular weight excluding hydrogens is 312 g/mol. The maximum Gasteiger partial charge on any atom is 0.223 e. The van der Waals surface area contributed by atoms with Gasteiger partial charge in [0.1, 0.15) is 5.75 Å². The summed E-state index contributed by atoms with van der Waals surface area (Å²) in [7, 11) is 1.70. The van der Waals surface area contributed by atoms with Crippen LogP contribution in [0.15, 0.2) is 36.4 Å². The van der Waals surface area contributed by atoms with Crippen LogP contribution in [0.2, 0.25) is 0 Å². The molecule has 1 unspecified atom stereocenters. The van der Waals surface area contributed by atoms with Crippen molar-refractivity contribution in [2.24, 2.45) is 5.73 Å². The van der Waals surface area contributed by atoms with Gasteiger partial charge in [0.25, 0.3) is 0 Å². The summed E-state index contributed by atoms with van der Waals surface area (Å²) in [6, 6.07) is 12.7. The summed E-state index contributed by atoms with van der Waals surface area (Å²) in [4.78, 5) is 13.6. The smallest absolute Gasteiger partial charge is 0.223 e. The molecule has 0 fully saturated rings. The lowest BCUT2D eigenvalue weighted by Gasteiger charge is -2.17. The van der Waals surface area contributed by atoms with Gasteiger partial charge in [-0.2, -0.15) is 0 Å². The second-order valence-corrected chi connectivity index (χ2v) is 6.70. The fraction of sp³-hybridized carbons (Fsp3) is 0.381. The van der Waals surface area contributed by atoms with E-state index in [2.05, 4.69) is 37.3 Å². The highest BCUT2D eigenvalue weighted by atomic mass is 16.5. The Morgan fingerprint density at radius 2 is 2.08 bits per heavy atom. The van der Waals surface area contributed by atoms with E-state index in [4.69, 9.17) is 10.5 Å². The fourth-order valence-electron chi connectivity index (χ4n) is 3.57. The van der Waals surface area contributed by atoms with Crippen molar-refractivity contribution in [3.63, 3.8) is 0 Å². The lowest BCUT2D eigenvalue weighted by atomic mass is 9.93. The maximum absolute atomic E-state index is 11.7. The van der Waals surface area contributed by atoms with Gasteiger partial charge in [-0.25, -0.2) is 0 Å². The van der Waals surface area contributed by atoms with E-state index in [0.29, 0.717) is 12.5 Å². The van der Waals surface area contributed by atoms with Crippen LogP contribution in [0.25, 0.3) is 11.1 Å². The molecule has 1 heterocycles. The summed E-state index contributed by atoms with van der Waals surface area (Å²) in [5.74, 6) is 1.38. The van der Waals surface area contributed by atoms with Gasteiger partial charge >= 0.3 is 0 Å². The van der Waals surface area contributed by atoms with Gasteiger partial charge in [-0.15, -0.1) is 0 Å². The molecule has 2 aromatic rings. The molecule has 2 aromatic carbocycles. The number of methoxy groups -OCH3 is 1. The van der Waals surface area contributed by atoms with Crippen LogP contribution in [0.1, 0.15) is 37.3 Å². The van der Waals surface area contributed by atoms with Crippen LogP contribution >= 0.6 is 0 Å². The van der Waals surface area contributed by atoms with E-state index in [0.717, 1.165) is 42.0 Å². The number of hydrogen-bond donors (Lipinski definition) is 1. The molecule has 1 amide bonds. The molecule has 2 N–H and O–H groups in total. The van der Waals surface area contributed by atoms with Gasteiger partial charge in [-0.3, -0.25) is 4.79 Å². The van der Waals surface area contributed by atoms with Crippen molar-refractivity contribution in [3.05, 3.63) is 47.5 Å². The predicted octanol–water partition coefficient (Wildman–Crippen LogP) is 3.72. The Bertz CT molecular complexity index is 785. The number of carbonyl (C=O) groups is 1. The molecule has 1 aliphatic rings. The summed E-state index contributed by atoms with van der Waals surface area (Å²) in [6.45, 7) is 5.27. The Morgan fingerprint density at radius 3 is 2.76 bits per heavy atom. The van der Waals surface area contributed by atoms with Gasteiger partial charge in [0.05, 0.1) is 7.11 Å². The van der Waals surface area contributed by atoms with Crippen LogP contribution in [-0.2, 0) is 11.2 Å². The van der Waals surface area contributed by atoms with Crippen molar-refractivity contribution in [1.29, 1.82) is 0 Å². The fourth-order valence-corrected chi connectivity index (χ4v) is 3.57. The van der Waals surface area contributed by atoms with Gasteiger partial charge in [0.15, 0.2) is 0 Å². The standard InChI is InChI=1S/C21H26N2O2/c1-14(8-10-22)16-5-7-21(25-3)19(13-16)17-4-6-20-18(12-17)9-11-23(20)15(2)24/h4-7,12-14H,8-11,22H2,1-3H3. The lowest BCUT2D eigenvalue weighted by molar-refractivity contribution is -0.116. The molecule has 1 aliphatic heterocycles. The molecular formula is C21H26N2O2. The summed E-state index contributed by atoms with van der Waals surface area (Å²) in [6.07, 6.45) is 1.86. The van der Waals surface area contributed by atoms with E-state index >= 15 is 0 Å². The average Bonchev–Trinajstić information content (AvgIpc) is 3.04. The molecule has 1 atom stereocenters. The minimum Gasteiger partial charge on any atom is -0.496 e. The minimum absolute atomic E-state index is 0.0988. The quantitative estimate of drug-likeness (QED) is 0.904. The second kappa shape index (κ2) is 7.28. The zero-order valence-electron chi connectivity index (χ0n) is 15.2. The van der Waals surface area contributed by atoms with E-state index in [1.54, 1.807) is 14.0 Å². The first-order valence-electron chi connectivity index (χ1n) is 8.84. The summed E-state index contributed by atoms with van der Waals surface area (Å²) < 4.78 is 5.58. The molecule has 0 saturated carbocycles. The average molecular weight is 338 g/mol. The Kier molecular flexibility index (Phi) is 5.09. The third kappa shape index (κ3) is 3.40. The molecule has 0 aromatic heterocycles. The third-order valence-corrected chi connectivity index (χ3v) is 5.06. The number of hydrogen-bond acceptors (Lipinski definition) is 3. The zero-order chi connectivity index (χ0) is 18.0. The van der Waals surface area contributed by atoms with Crippen LogP contribution in [0.5, 0.6) is 5.75 Å². The van der Waals surface area contributed by atoms with Gasteiger partial charge in [-0.05, 0) is 66.3 Å². The van der Waals surface area contributed by atoms with E-state index in [1.165, 1.54) is 11.1 Å². The molecule has 4 heteroatoms. The normalized spacial score (nSPS) is 14.3. The Labute approximate surface area is 149 Å². The number of fused-ring (bicyclic) bond motifs is 1. The summed E-state index contributed by atoms with van der Waals surface area (Å²) in [5.41, 5.74) is 11.5. The SMILES string of the molecule is COc1ccc(C(C)CCN)cc1-c1ccc2c(c1)CCN2C(C)=O.